The van der Waals surface area contributed by atoms with E-state index in [0.29, 0.717) is 0 Å². The Morgan fingerprint density at radius 2 is 1.94 bits per heavy atom. The molecule has 2 rings (SSSR count). The van der Waals surface area contributed by atoms with Crippen LogP contribution in [0.4, 0.5) is 0 Å². The smallest absolute Gasteiger partial charge is 0.138 e. The Hall–Kier alpha value is -0.610. The van der Waals surface area contributed by atoms with Crippen LogP contribution >= 0.6 is 11.8 Å². The number of hydrogen-bond acceptors (Lipinski definition) is 4. The molecule has 0 unspecified atom stereocenters. The molecule has 0 saturated heterocycles. The second-order valence-corrected chi connectivity index (χ2v) is 6.15. The van der Waals surface area contributed by atoms with Crippen molar-refractivity contribution < 1.29 is 0 Å². The maximum absolute atomic E-state index is 4.44. The van der Waals surface area contributed by atoms with Gasteiger partial charge in [-0.05, 0) is 19.4 Å². The van der Waals surface area contributed by atoms with E-state index in [-0.39, 0.29) is 0 Å². The number of hydrogen-bond donors (Lipinski definition) is 1. The van der Waals surface area contributed by atoms with Gasteiger partial charge in [0.2, 0.25) is 0 Å². The van der Waals surface area contributed by atoms with Crippen LogP contribution in [0.25, 0.3) is 0 Å². The van der Waals surface area contributed by atoms with Crippen molar-refractivity contribution in [2.45, 2.75) is 56.6 Å². The first-order valence-corrected chi connectivity index (χ1v) is 8.05. The Balaban J connectivity index is 1.75. The first-order chi connectivity index (χ1) is 8.88. The highest BCUT2D eigenvalue weighted by Crippen LogP contribution is 2.29. The van der Waals surface area contributed by atoms with Gasteiger partial charge in [0.05, 0.1) is 5.75 Å². The highest BCUT2D eigenvalue weighted by atomic mass is 32.2. The number of rotatable bonds is 6. The Morgan fingerprint density at radius 1 is 1.22 bits per heavy atom. The minimum Gasteiger partial charge on any atom is -0.313 e. The van der Waals surface area contributed by atoms with Crippen LogP contribution in [0.15, 0.2) is 12.4 Å². The van der Waals surface area contributed by atoms with E-state index < -0.39 is 0 Å². The van der Waals surface area contributed by atoms with Gasteiger partial charge < -0.3 is 5.32 Å². The molecule has 0 aliphatic heterocycles. The van der Waals surface area contributed by atoms with E-state index in [1.807, 2.05) is 24.2 Å². The lowest BCUT2D eigenvalue weighted by Gasteiger charge is -2.20. The summed E-state index contributed by atoms with van der Waals surface area (Å²) in [6.45, 7) is 3.96. The molecule has 0 spiro atoms. The molecule has 0 aromatic carbocycles. The fraction of sp³-hybridized carbons (Fsp3) is 0.714. The largest absolute Gasteiger partial charge is 0.313 e. The normalized spacial score (nSPS) is 16.9. The number of nitrogens with zero attached hydrogens (tertiary/aromatic N) is 2. The standard InChI is InChI=1S/C14H23N3S/c1-2-15-8-12-9-16-14(17-10-12)11-18-13-6-4-3-5-7-13/h9-10,13,15H,2-8,11H2,1H3. The molecule has 0 bridgehead atoms. The lowest BCUT2D eigenvalue weighted by Crippen LogP contribution is -2.12. The molecule has 18 heavy (non-hydrogen) atoms. The average molecular weight is 265 g/mol. The number of thioether (sulfide) groups is 1. The summed E-state index contributed by atoms with van der Waals surface area (Å²) in [5.41, 5.74) is 1.17. The summed E-state index contributed by atoms with van der Waals surface area (Å²) < 4.78 is 0. The highest BCUT2D eigenvalue weighted by Gasteiger charge is 2.14. The van der Waals surface area contributed by atoms with Gasteiger partial charge in [-0.25, -0.2) is 9.97 Å². The third-order valence-corrected chi connectivity index (χ3v) is 4.71. The third-order valence-electron chi connectivity index (χ3n) is 3.34. The Labute approximate surface area is 114 Å². The molecule has 1 saturated carbocycles. The van der Waals surface area contributed by atoms with E-state index in [2.05, 4.69) is 22.2 Å². The zero-order chi connectivity index (χ0) is 12.6. The van der Waals surface area contributed by atoms with Crippen LogP contribution in [0.1, 0.15) is 50.4 Å². The fourth-order valence-corrected chi connectivity index (χ4v) is 3.44. The summed E-state index contributed by atoms with van der Waals surface area (Å²) in [5.74, 6) is 1.94. The Kier molecular flexibility index (Phi) is 5.94. The fourth-order valence-electron chi connectivity index (χ4n) is 2.24. The zero-order valence-corrected chi connectivity index (χ0v) is 12.0. The molecule has 0 atom stereocenters. The molecular weight excluding hydrogens is 242 g/mol. The van der Waals surface area contributed by atoms with Crippen LogP contribution in [-0.2, 0) is 12.3 Å². The van der Waals surface area contributed by atoms with E-state index >= 15 is 0 Å². The van der Waals surface area contributed by atoms with Crippen LogP contribution in [0.3, 0.4) is 0 Å². The zero-order valence-electron chi connectivity index (χ0n) is 11.2. The third kappa shape index (κ3) is 4.58. The summed E-state index contributed by atoms with van der Waals surface area (Å²) in [7, 11) is 0. The monoisotopic (exact) mass is 265 g/mol. The topological polar surface area (TPSA) is 37.8 Å². The SMILES string of the molecule is CCNCc1cnc(CSC2CCCCC2)nc1. The molecule has 1 aromatic heterocycles. The molecule has 0 radical (unpaired) electrons. The van der Waals surface area contributed by atoms with Crippen LogP contribution < -0.4 is 5.32 Å². The van der Waals surface area contributed by atoms with Crippen molar-refractivity contribution in [1.82, 2.24) is 15.3 Å². The van der Waals surface area contributed by atoms with Crippen LogP contribution in [-0.4, -0.2) is 21.8 Å². The summed E-state index contributed by atoms with van der Waals surface area (Å²) >= 11 is 2.03. The predicted octanol–water partition coefficient (Wildman–Crippen LogP) is 3.15. The molecular formula is C14H23N3S. The van der Waals surface area contributed by atoms with Crippen molar-refractivity contribution in [2.75, 3.05) is 6.54 Å². The van der Waals surface area contributed by atoms with Gasteiger partial charge in [0.1, 0.15) is 5.82 Å². The van der Waals surface area contributed by atoms with Gasteiger partial charge in [-0.3, -0.25) is 0 Å². The highest BCUT2D eigenvalue weighted by molar-refractivity contribution is 7.99. The van der Waals surface area contributed by atoms with E-state index in [0.717, 1.165) is 29.9 Å². The summed E-state index contributed by atoms with van der Waals surface area (Å²) in [4.78, 5) is 8.89. The van der Waals surface area contributed by atoms with Gasteiger partial charge in [0.25, 0.3) is 0 Å². The van der Waals surface area contributed by atoms with E-state index in [4.69, 9.17) is 0 Å². The molecule has 1 heterocycles. The summed E-state index contributed by atoms with van der Waals surface area (Å²) in [6.07, 6.45) is 10.9. The lowest BCUT2D eigenvalue weighted by molar-refractivity contribution is 0.516. The summed E-state index contributed by atoms with van der Waals surface area (Å²) in [6, 6.07) is 0. The molecule has 1 N–H and O–H groups in total. The van der Waals surface area contributed by atoms with E-state index in [1.165, 1.54) is 37.7 Å². The van der Waals surface area contributed by atoms with Crippen molar-refractivity contribution in [3.8, 4) is 0 Å². The van der Waals surface area contributed by atoms with Crippen LogP contribution in [0.5, 0.6) is 0 Å². The summed E-state index contributed by atoms with van der Waals surface area (Å²) in [5, 5.41) is 4.12. The van der Waals surface area contributed by atoms with E-state index in [9.17, 15) is 0 Å². The first-order valence-electron chi connectivity index (χ1n) is 7.00. The van der Waals surface area contributed by atoms with Crippen molar-refractivity contribution in [3.63, 3.8) is 0 Å². The first kappa shape index (κ1) is 13.8. The number of nitrogens with one attached hydrogen (secondary N) is 1. The van der Waals surface area contributed by atoms with Crippen molar-refractivity contribution in [2.24, 2.45) is 0 Å². The average Bonchev–Trinajstić information content (AvgIpc) is 2.45. The molecule has 1 aromatic rings. The molecule has 1 aliphatic carbocycles. The second-order valence-electron chi connectivity index (χ2n) is 4.86. The van der Waals surface area contributed by atoms with Gasteiger partial charge in [-0.2, -0.15) is 11.8 Å². The Bertz CT molecular complexity index is 333. The number of aromatic nitrogens is 2. The minimum atomic E-state index is 0.837. The van der Waals surface area contributed by atoms with Gasteiger partial charge in [0.15, 0.2) is 0 Å². The second kappa shape index (κ2) is 7.74. The van der Waals surface area contributed by atoms with Crippen LogP contribution in [0, 0.1) is 0 Å². The van der Waals surface area contributed by atoms with E-state index in [1.54, 1.807) is 0 Å². The van der Waals surface area contributed by atoms with Crippen LogP contribution in [0.2, 0.25) is 0 Å². The molecule has 4 heteroatoms. The maximum Gasteiger partial charge on any atom is 0.138 e. The molecule has 1 fully saturated rings. The van der Waals surface area contributed by atoms with Gasteiger partial charge in [-0.15, -0.1) is 0 Å². The maximum atomic E-state index is 4.44. The minimum absolute atomic E-state index is 0.837. The predicted molar refractivity (Wildman–Crippen MR) is 77.6 cm³/mol. The van der Waals surface area contributed by atoms with Crippen molar-refractivity contribution in [1.29, 1.82) is 0 Å². The quantitative estimate of drug-likeness (QED) is 0.857. The van der Waals surface area contributed by atoms with Gasteiger partial charge >= 0.3 is 0 Å². The molecule has 100 valence electrons. The van der Waals surface area contributed by atoms with Crippen molar-refractivity contribution >= 4 is 11.8 Å². The lowest BCUT2D eigenvalue weighted by atomic mass is 10.0. The molecule has 1 aliphatic rings. The molecule has 3 nitrogen and oxygen atoms in total. The van der Waals surface area contributed by atoms with Gasteiger partial charge in [0, 0.05) is 29.8 Å². The van der Waals surface area contributed by atoms with Crippen molar-refractivity contribution in [3.05, 3.63) is 23.8 Å². The Morgan fingerprint density at radius 3 is 2.61 bits per heavy atom. The molecule has 0 amide bonds. The van der Waals surface area contributed by atoms with Gasteiger partial charge in [-0.1, -0.05) is 26.2 Å².